The molecular formula is C19H23N3O2. The number of hydrogen-bond acceptors (Lipinski definition) is 3. The van der Waals surface area contributed by atoms with Crippen LogP contribution < -0.4 is 0 Å². The van der Waals surface area contributed by atoms with Crippen molar-refractivity contribution < 1.29 is 9.59 Å². The number of hydrogen-bond donors (Lipinski definition) is 0. The highest BCUT2D eigenvalue weighted by atomic mass is 16.2. The van der Waals surface area contributed by atoms with Gasteiger partial charge < -0.3 is 9.80 Å². The first-order valence-corrected chi connectivity index (χ1v) is 8.69. The summed E-state index contributed by atoms with van der Waals surface area (Å²) in [5, 5.41) is 9.03. The highest BCUT2D eigenvalue weighted by Gasteiger charge is 2.36. The van der Waals surface area contributed by atoms with Crippen LogP contribution in [0.15, 0.2) is 24.3 Å². The summed E-state index contributed by atoms with van der Waals surface area (Å²) in [4.78, 5) is 28.2. The van der Waals surface area contributed by atoms with Gasteiger partial charge in [0.15, 0.2) is 0 Å². The van der Waals surface area contributed by atoms with Gasteiger partial charge in [-0.15, -0.1) is 0 Å². The van der Waals surface area contributed by atoms with E-state index in [9.17, 15) is 9.59 Å². The monoisotopic (exact) mass is 325 g/mol. The maximum absolute atomic E-state index is 12.7. The first-order chi connectivity index (χ1) is 11.6. The Balaban J connectivity index is 1.58. The van der Waals surface area contributed by atoms with Crippen LogP contribution in [0.2, 0.25) is 0 Å². The highest BCUT2D eigenvalue weighted by Crippen LogP contribution is 2.30. The first-order valence-electron chi connectivity index (χ1n) is 8.69. The van der Waals surface area contributed by atoms with Crippen LogP contribution in [0.4, 0.5) is 0 Å². The van der Waals surface area contributed by atoms with Crippen molar-refractivity contribution in [3.05, 3.63) is 35.4 Å². The zero-order chi connectivity index (χ0) is 17.1. The van der Waals surface area contributed by atoms with E-state index >= 15 is 0 Å². The molecular weight excluding hydrogens is 302 g/mol. The van der Waals surface area contributed by atoms with Crippen molar-refractivity contribution in [2.45, 2.75) is 32.1 Å². The molecule has 1 aromatic carbocycles. The zero-order valence-corrected chi connectivity index (χ0v) is 14.1. The molecule has 3 rings (SSSR count). The second kappa shape index (κ2) is 7.04. The van der Waals surface area contributed by atoms with E-state index in [0.717, 1.165) is 25.9 Å². The Morgan fingerprint density at radius 2 is 2.08 bits per heavy atom. The van der Waals surface area contributed by atoms with Gasteiger partial charge in [0.25, 0.3) is 0 Å². The van der Waals surface area contributed by atoms with E-state index in [2.05, 4.69) is 12.1 Å². The normalized spacial score (nSPS) is 21.8. The number of amides is 2. The Kier molecular flexibility index (Phi) is 4.84. The summed E-state index contributed by atoms with van der Waals surface area (Å²) >= 11 is 0. The van der Waals surface area contributed by atoms with Crippen LogP contribution in [-0.4, -0.2) is 47.8 Å². The van der Waals surface area contributed by atoms with Crippen molar-refractivity contribution in [2.24, 2.45) is 5.92 Å². The van der Waals surface area contributed by atoms with Crippen LogP contribution in [0.5, 0.6) is 0 Å². The fraction of sp³-hybridized carbons (Fsp3) is 0.526. The lowest BCUT2D eigenvalue weighted by Gasteiger charge is -2.33. The molecule has 2 amide bonds. The van der Waals surface area contributed by atoms with Crippen molar-refractivity contribution in [2.75, 3.05) is 26.2 Å². The summed E-state index contributed by atoms with van der Waals surface area (Å²) < 4.78 is 0. The van der Waals surface area contributed by atoms with E-state index in [1.807, 2.05) is 30.0 Å². The topological polar surface area (TPSA) is 64.4 Å². The molecule has 5 nitrogen and oxygen atoms in total. The van der Waals surface area contributed by atoms with Crippen molar-refractivity contribution in [1.29, 1.82) is 5.26 Å². The fourth-order valence-corrected chi connectivity index (χ4v) is 3.80. The molecule has 0 bridgehead atoms. The molecule has 1 unspecified atom stereocenters. The molecule has 24 heavy (non-hydrogen) atoms. The molecule has 0 radical (unpaired) electrons. The van der Waals surface area contributed by atoms with Crippen LogP contribution in [0, 0.1) is 17.2 Å². The number of carbonyl (C=O) groups is 2. The van der Waals surface area contributed by atoms with E-state index in [0.29, 0.717) is 31.0 Å². The summed E-state index contributed by atoms with van der Waals surface area (Å²) in [6.45, 7) is 4.66. The lowest BCUT2D eigenvalue weighted by atomic mass is 9.88. The van der Waals surface area contributed by atoms with Crippen LogP contribution in [0.1, 0.15) is 43.2 Å². The second-order valence-corrected chi connectivity index (χ2v) is 6.67. The molecule has 2 heterocycles. The molecule has 2 aliphatic rings. The van der Waals surface area contributed by atoms with Crippen LogP contribution in [0.3, 0.4) is 0 Å². The quantitative estimate of drug-likeness (QED) is 0.855. The van der Waals surface area contributed by atoms with Crippen LogP contribution >= 0.6 is 0 Å². The molecule has 1 atom stereocenters. The average Bonchev–Trinajstić information content (AvgIpc) is 3.02. The summed E-state index contributed by atoms with van der Waals surface area (Å²) in [5.74, 6) is 0.457. The number of piperidine rings is 1. The van der Waals surface area contributed by atoms with Gasteiger partial charge in [-0.05, 0) is 43.4 Å². The van der Waals surface area contributed by atoms with E-state index in [1.54, 1.807) is 4.90 Å². The molecule has 2 aliphatic heterocycles. The number of carbonyl (C=O) groups excluding carboxylic acids is 2. The Morgan fingerprint density at radius 1 is 1.33 bits per heavy atom. The fourth-order valence-electron chi connectivity index (χ4n) is 3.80. The lowest BCUT2D eigenvalue weighted by Crippen LogP contribution is -2.42. The minimum absolute atomic E-state index is 0.0963. The highest BCUT2D eigenvalue weighted by molar-refractivity contribution is 5.89. The van der Waals surface area contributed by atoms with Gasteiger partial charge in [-0.25, -0.2) is 0 Å². The van der Waals surface area contributed by atoms with Crippen LogP contribution in [0.25, 0.3) is 0 Å². The number of nitrogens with zero attached hydrogens (tertiary/aromatic N) is 3. The summed E-state index contributed by atoms with van der Waals surface area (Å²) in [5.41, 5.74) is 1.88. The zero-order valence-electron chi connectivity index (χ0n) is 14.1. The molecule has 0 saturated carbocycles. The lowest BCUT2D eigenvalue weighted by molar-refractivity contribution is -0.136. The van der Waals surface area contributed by atoms with Gasteiger partial charge >= 0.3 is 0 Å². The Hall–Kier alpha value is -2.35. The van der Waals surface area contributed by atoms with Gasteiger partial charge in [0.05, 0.1) is 17.6 Å². The summed E-state index contributed by atoms with van der Waals surface area (Å²) in [7, 11) is 0. The molecule has 0 aromatic heterocycles. The van der Waals surface area contributed by atoms with Gasteiger partial charge in [-0.3, -0.25) is 9.59 Å². The van der Waals surface area contributed by atoms with Crippen molar-refractivity contribution >= 4 is 11.8 Å². The Morgan fingerprint density at radius 3 is 2.71 bits per heavy atom. The summed E-state index contributed by atoms with van der Waals surface area (Å²) in [6.07, 6.45) is 2.19. The van der Waals surface area contributed by atoms with E-state index in [1.165, 1.54) is 5.56 Å². The first kappa shape index (κ1) is 16.5. The maximum atomic E-state index is 12.7. The van der Waals surface area contributed by atoms with E-state index in [4.69, 9.17) is 5.26 Å². The molecule has 0 N–H and O–H groups in total. The van der Waals surface area contributed by atoms with Crippen molar-refractivity contribution in [3.63, 3.8) is 0 Å². The molecule has 5 heteroatoms. The maximum Gasteiger partial charge on any atom is 0.227 e. The minimum atomic E-state index is -0.170. The van der Waals surface area contributed by atoms with E-state index in [-0.39, 0.29) is 17.7 Å². The molecule has 0 spiro atoms. The number of nitriles is 1. The molecule has 126 valence electrons. The average molecular weight is 325 g/mol. The second-order valence-electron chi connectivity index (χ2n) is 6.67. The molecule has 2 fully saturated rings. The SMILES string of the molecule is CCN1CC(C(=O)N2CCC(c3cccc(C#N)c3)CC2)CC1=O. The molecule has 2 saturated heterocycles. The van der Waals surface area contributed by atoms with Gasteiger partial charge in [-0.1, -0.05) is 12.1 Å². The smallest absolute Gasteiger partial charge is 0.227 e. The molecule has 0 aliphatic carbocycles. The van der Waals surface area contributed by atoms with Crippen molar-refractivity contribution in [1.82, 2.24) is 9.80 Å². The summed E-state index contributed by atoms with van der Waals surface area (Å²) in [6, 6.07) is 9.95. The third-order valence-electron chi connectivity index (χ3n) is 5.24. The predicted molar refractivity (Wildman–Crippen MR) is 90.1 cm³/mol. The standard InChI is InChI=1S/C19H23N3O2/c1-2-21-13-17(11-18(21)23)19(24)22-8-6-15(7-9-22)16-5-3-4-14(10-16)12-20/h3-5,10,15,17H,2,6-9,11,13H2,1H3. The van der Waals surface area contributed by atoms with Gasteiger partial charge in [0, 0.05) is 32.6 Å². The Labute approximate surface area is 142 Å². The predicted octanol–water partition coefficient (Wildman–Crippen LogP) is 2.13. The number of rotatable bonds is 3. The van der Waals surface area contributed by atoms with Gasteiger partial charge in [0.1, 0.15) is 0 Å². The van der Waals surface area contributed by atoms with Crippen LogP contribution in [-0.2, 0) is 9.59 Å². The molecule has 1 aromatic rings. The Bertz CT molecular complexity index is 671. The minimum Gasteiger partial charge on any atom is -0.342 e. The van der Waals surface area contributed by atoms with Gasteiger partial charge in [0.2, 0.25) is 11.8 Å². The number of likely N-dealkylation sites (tertiary alicyclic amines) is 2. The number of benzene rings is 1. The van der Waals surface area contributed by atoms with Gasteiger partial charge in [-0.2, -0.15) is 5.26 Å². The third kappa shape index (κ3) is 3.28. The third-order valence-corrected chi connectivity index (χ3v) is 5.24. The van der Waals surface area contributed by atoms with Crippen molar-refractivity contribution in [3.8, 4) is 6.07 Å². The largest absolute Gasteiger partial charge is 0.342 e. The van der Waals surface area contributed by atoms with E-state index < -0.39 is 0 Å².